The van der Waals surface area contributed by atoms with Crippen LogP contribution in [0.1, 0.15) is 39.2 Å². The van der Waals surface area contributed by atoms with E-state index in [1.807, 2.05) is 30.3 Å². The molecule has 0 saturated carbocycles. The van der Waals surface area contributed by atoms with E-state index in [2.05, 4.69) is 80.6 Å². The van der Waals surface area contributed by atoms with Gasteiger partial charge in [0.1, 0.15) is 5.76 Å². The second-order valence-corrected chi connectivity index (χ2v) is 9.22. The van der Waals surface area contributed by atoms with Crippen LogP contribution >= 0.6 is 0 Å². The largest absolute Gasteiger partial charge is 0.512 e. The summed E-state index contributed by atoms with van der Waals surface area (Å²) in [6, 6.07) is 34.4. The molecule has 1 N–H and O–H groups in total. The average molecular weight is 681 g/mol. The van der Waals surface area contributed by atoms with Crippen LogP contribution in [0, 0.1) is 6.07 Å². The summed E-state index contributed by atoms with van der Waals surface area (Å²) >= 11 is 0. The number of hydrogen-bond acceptors (Lipinski definition) is 4. The van der Waals surface area contributed by atoms with Crippen LogP contribution in [-0.4, -0.2) is 15.9 Å². The van der Waals surface area contributed by atoms with Gasteiger partial charge in [0.05, 0.1) is 11.3 Å². The Balaban J connectivity index is 0.000000444. The molecule has 0 bridgehead atoms. The molecule has 0 aliphatic carbocycles. The number of carbonyl (C=O) groups is 1. The Bertz CT molecular complexity index is 1530. The van der Waals surface area contributed by atoms with Crippen LogP contribution in [0.15, 0.2) is 107 Å². The van der Waals surface area contributed by atoms with Gasteiger partial charge in [0.25, 0.3) is 0 Å². The van der Waals surface area contributed by atoms with Gasteiger partial charge in [-0.05, 0) is 42.7 Å². The number of pyridine rings is 1. The monoisotopic (exact) mass is 681 g/mol. The van der Waals surface area contributed by atoms with Crippen LogP contribution < -0.4 is 0 Å². The minimum absolute atomic E-state index is 0. The molecule has 0 unspecified atom stereocenters. The molecule has 0 aliphatic heterocycles. The van der Waals surface area contributed by atoms with Crippen molar-refractivity contribution in [3.05, 3.63) is 114 Å². The maximum Gasteiger partial charge on any atom is 0.155 e. The fourth-order valence-corrected chi connectivity index (χ4v) is 3.97. The predicted octanol–water partition coefficient (Wildman–Crippen LogP) is 8.79. The zero-order chi connectivity index (χ0) is 26.4. The van der Waals surface area contributed by atoms with Crippen LogP contribution in [0.4, 0.5) is 0 Å². The van der Waals surface area contributed by atoms with E-state index >= 15 is 0 Å². The molecule has 3 aromatic carbocycles. The zero-order valence-corrected chi connectivity index (χ0v) is 24.3. The molecule has 5 rings (SSSR count). The van der Waals surface area contributed by atoms with Crippen molar-refractivity contribution < 1.29 is 34.4 Å². The number of rotatable bonds is 5. The molecular weight excluding hydrogens is 651 g/mol. The van der Waals surface area contributed by atoms with Crippen LogP contribution in [0.2, 0.25) is 0 Å². The van der Waals surface area contributed by atoms with Crippen LogP contribution in [0.5, 0.6) is 0 Å². The summed E-state index contributed by atoms with van der Waals surface area (Å²) in [4.78, 5) is 14.9. The van der Waals surface area contributed by atoms with E-state index in [1.165, 1.54) is 31.1 Å². The van der Waals surface area contributed by atoms with Crippen molar-refractivity contribution in [2.24, 2.45) is 0 Å². The quantitative estimate of drug-likeness (QED) is 0.115. The Kier molecular flexibility index (Phi) is 9.95. The Morgan fingerprint density at radius 1 is 0.895 bits per heavy atom. The Labute approximate surface area is 237 Å². The molecule has 0 atom stereocenters. The van der Waals surface area contributed by atoms with Crippen molar-refractivity contribution in [1.82, 2.24) is 4.98 Å². The number of ketones is 1. The van der Waals surface area contributed by atoms with E-state index in [0.717, 1.165) is 39.2 Å². The molecule has 0 spiro atoms. The minimum Gasteiger partial charge on any atom is -0.512 e. The van der Waals surface area contributed by atoms with Crippen molar-refractivity contribution in [1.29, 1.82) is 0 Å². The summed E-state index contributed by atoms with van der Waals surface area (Å²) in [5.74, 6) is 1.29. The Morgan fingerprint density at radius 3 is 2.21 bits per heavy atom. The average Bonchev–Trinajstić information content (AvgIpc) is 3.32. The molecule has 5 heteroatoms. The van der Waals surface area contributed by atoms with Gasteiger partial charge in [0.15, 0.2) is 11.4 Å². The van der Waals surface area contributed by atoms with Gasteiger partial charge < -0.3 is 9.52 Å². The number of benzene rings is 3. The number of allylic oxidation sites excluding steroid dienone is 2. The predicted molar refractivity (Wildman–Crippen MR) is 150 cm³/mol. The third-order valence-electron chi connectivity index (χ3n) is 5.83. The van der Waals surface area contributed by atoms with E-state index in [4.69, 9.17) is 14.5 Å². The van der Waals surface area contributed by atoms with Gasteiger partial charge >= 0.3 is 0 Å². The smallest absolute Gasteiger partial charge is 0.155 e. The van der Waals surface area contributed by atoms with Gasteiger partial charge in [-0.1, -0.05) is 74.5 Å². The fourth-order valence-electron chi connectivity index (χ4n) is 3.97. The topological polar surface area (TPSA) is 63.3 Å². The van der Waals surface area contributed by atoms with E-state index in [9.17, 15) is 4.79 Å². The molecular formula is C33H30IrNO3-. The standard InChI is InChI=1S/C28H22NO.C5H8O2.Ir/c1-19(2)20-11-13-22(14-12-20)28-18-26-27(30-28)16-15-25(29-26)24-10-6-9-23(17-24)21-7-4-3-5-8-21;1-4(6)3-5(2)7;/h3-9,11-19H,1-2H3;3,6H,1-2H3;/q-1;;/b;4-3-;. The normalized spacial score (nSPS) is 11.0. The SMILES string of the molecule is CC(=O)/C=C(/C)O.CC(C)c1ccc(-c2cc3nc(-c4[c-]ccc(-c5ccccc5)c4)ccc3o2)cc1.[Ir]. The van der Waals surface area contributed by atoms with E-state index in [0.29, 0.717) is 5.92 Å². The van der Waals surface area contributed by atoms with Gasteiger partial charge in [-0.2, -0.15) is 0 Å². The second kappa shape index (κ2) is 13.1. The first-order chi connectivity index (χ1) is 17.8. The third kappa shape index (κ3) is 7.38. The molecule has 195 valence electrons. The van der Waals surface area contributed by atoms with Crippen molar-refractivity contribution in [3.63, 3.8) is 0 Å². The first kappa shape index (κ1) is 28.8. The maximum absolute atomic E-state index is 10.0. The summed E-state index contributed by atoms with van der Waals surface area (Å²) in [5.41, 5.74) is 8.24. The summed E-state index contributed by atoms with van der Waals surface area (Å²) in [6.07, 6.45) is 1.17. The zero-order valence-electron chi connectivity index (χ0n) is 21.9. The van der Waals surface area contributed by atoms with Gasteiger partial charge in [-0.15, -0.1) is 35.4 Å². The van der Waals surface area contributed by atoms with Gasteiger partial charge in [0.2, 0.25) is 0 Å². The van der Waals surface area contributed by atoms with Gasteiger partial charge in [-0.3, -0.25) is 9.78 Å². The summed E-state index contributed by atoms with van der Waals surface area (Å²) in [6.45, 7) is 7.25. The Morgan fingerprint density at radius 2 is 1.61 bits per heavy atom. The molecule has 1 radical (unpaired) electrons. The number of aromatic nitrogens is 1. The number of nitrogens with zero attached hydrogens (tertiary/aromatic N) is 1. The molecule has 0 saturated heterocycles. The molecule has 5 aromatic rings. The van der Waals surface area contributed by atoms with Crippen LogP contribution in [-0.2, 0) is 24.9 Å². The number of fused-ring (bicyclic) bond motifs is 1. The van der Waals surface area contributed by atoms with Gasteiger partial charge in [-0.25, -0.2) is 0 Å². The van der Waals surface area contributed by atoms with Crippen molar-refractivity contribution >= 4 is 16.9 Å². The van der Waals surface area contributed by atoms with Crippen LogP contribution in [0.25, 0.3) is 44.8 Å². The summed E-state index contributed by atoms with van der Waals surface area (Å²) in [7, 11) is 0. The van der Waals surface area contributed by atoms with E-state index < -0.39 is 0 Å². The second-order valence-electron chi connectivity index (χ2n) is 9.22. The summed E-state index contributed by atoms with van der Waals surface area (Å²) < 4.78 is 6.07. The first-order valence-corrected chi connectivity index (χ1v) is 12.3. The maximum atomic E-state index is 10.0. The van der Waals surface area contributed by atoms with Crippen LogP contribution in [0.3, 0.4) is 0 Å². The molecule has 0 fully saturated rings. The molecule has 2 aromatic heterocycles. The minimum atomic E-state index is -0.125. The number of furan rings is 1. The summed E-state index contributed by atoms with van der Waals surface area (Å²) in [5, 5.41) is 8.36. The van der Waals surface area contributed by atoms with Gasteiger partial charge in [0, 0.05) is 37.8 Å². The fraction of sp³-hybridized carbons (Fsp3) is 0.152. The first-order valence-electron chi connectivity index (χ1n) is 12.3. The van der Waals surface area contributed by atoms with Crippen molar-refractivity contribution in [2.75, 3.05) is 0 Å². The Hall–Kier alpha value is -3.79. The molecule has 2 heterocycles. The third-order valence-corrected chi connectivity index (χ3v) is 5.83. The molecule has 0 amide bonds. The van der Waals surface area contributed by atoms with Crippen molar-refractivity contribution in [3.8, 4) is 33.7 Å². The molecule has 4 nitrogen and oxygen atoms in total. The van der Waals surface area contributed by atoms with Crippen molar-refractivity contribution in [2.45, 2.75) is 33.6 Å². The number of hydrogen-bond donors (Lipinski definition) is 1. The molecule has 38 heavy (non-hydrogen) atoms. The van der Waals surface area contributed by atoms with E-state index in [1.54, 1.807) is 0 Å². The van der Waals surface area contributed by atoms with E-state index in [-0.39, 0.29) is 31.6 Å². The number of carbonyl (C=O) groups excluding carboxylic acids is 1. The molecule has 0 aliphatic rings. The number of aliphatic hydroxyl groups excluding tert-OH is 1. The number of aliphatic hydroxyl groups is 1.